The highest BCUT2D eigenvalue weighted by Gasteiger charge is 2.18. The quantitative estimate of drug-likeness (QED) is 0.595. The van der Waals surface area contributed by atoms with Crippen molar-refractivity contribution in [3.05, 3.63) is 70.4 Å². The van der Waals surface area contributed by atoms with Crippen LogP contribution in [0.1, 0.15) is 24.4 Å². The molecule has 0 aliphatic rings. The number of pyridine rings is 1. The molecule has 4 aromatic rings. The molecule has 0 radical (unpaired) electrons. The molecule has 27 heavy (non-hydrogen) atoms. The van der Waals surface area contributed by atoms with Crippen molar-refractivity contribution in [2.24, 2.45) is 0 Å². The van der Waals surface area contributed by atoms with E-state index in [0.29, 0.717) is 17.0 Å². The van der Waals surface area contributed by atoms with Gasteiger partial charge in [0.25, 0.3) is 5.56 Å². The Hall–Kier alpha value is -3.55. The maximum atomic E-state index is 12.9. The molecule has 0 bridgehead atoms. The normalized spacial score (nSPS) is 12.4. The predicted molar refractivity (Wildman–Crippen MR) is 100 cm³/mol. The van der Waals surface area contributed by atoms with Gasteiger partial charge in [-0.25, -0.2) is 4.98 Å². The lowest BCUT2D eigenvalue weighted by molar-refractivity contribution is -0.122. The molecule has 0 saturated heterocycles. The molecule has 8 heteroatoms. The van der Waals surface area contributed by atoms with Crippen LogP contribution in [0, 0.1) is 6.92 Å². The van der Waals surface area contributed by atoms with Crippen molar-refractivity contribution in [1.82, 2.24) is 29.5 Å². The minimum Gasteiger partial charge on any atom is -0.348 e. The van der Waals surface area contributed by atoms with E-state index >= 15 is 0 Å². The second-order valence-corrected chi connectivity index (χ2v) is 6.34. The van der Waals surface area contributed by atoms with Crippen LogP contribution < -0.4 is 10.9 Å². The van der Waals surface area contributed by atoms with E-state index in [1.54, 1.807) is 29.7 Å². The van der Waals surface area contributed by atoms with Crippen LogP contribution in [0.4, 0.5) is 0 Å². The molecular formula is C19H18N6O2. The van der Waals surface area contributed by atoms with Crippen molar-refractivity contribution < 1.29 is 4.79 Å². The van der Waals surface area contributed by atoms with Gasteiger partial charge in [-0.05, 0) is 31.5 Å². The average Bonchev–Trinajstić information content (AvgIpc) is 3.08. The average molecular weight is 362 g/mol. The van der Waals surface area contributed by atoms with E-state index in [4.69, 9.17) is 0 Å². The van der Waals surface area contributed by atoms with Gasteiger partial charge in [0, 0.05) is 6.20 Å². The van der Waals surface area contributed by atoms with Gasteiger partial charge in [0.2, 0.25) is 11.6 Å². The number of hydrogen-bond acceptors (Lipinski definition) is 5. The third-order valence-corrected chi connectivity index (χ3v) is 4.51. The molecule has 0 unspecified atom stereocenters. The number of rotatable bonds is 4. The van der Waals surface area contributed by atoms with Crippen LogP contribution in [0.5, 0.6) is 0 Å². The van der Waals surface area contributed by atoms with Crippen molar-refractivity contribution in [3.8, 4) is 0 Å². The number of hydrogen-bond donors (Lipinski definition) is 1. The second kappa shape index (κ2) is 6.64. The first-order valence-corrected chi connectivity index (χ1v) is 8.60. The Kier molecular flexibility index (Phi) is 4.15. The van der Waals surface area contributed by atoms with Crippen molar-refractivity contribution >= 4 is 22.7 Å². The van der Waals surface area contributed by atoms with E-state index in [0.717, 1.165) is 5.56 Å². The fraction of sp³-hybridized carbons (Fsp3) is 0.211. The third-order valence-electron chi connectivity index (χ3n) is 4.51. The molecule has 1 atom stereocenters. The van der Waals surface area contributed by atoms with Crippen LogP contribution in [0.2, 0.25) is 0 Å². The highest BCUT2D eigenvalue weighted by molar-refractivity contribution is 5.80. The Labute approximate surface area is 154 Å². The summed E-state index contributed by atoms with van der Waals surface area (Å²) in [6.07, 6.45) is 1.63. The molecule has 0 spiro atoms. The zero-order chi connectivity index (χ0) is 19.0. The molecule has 0 saturated carbocycles. The van der Waals surface area contributed by atoms with Crippen LogP contribution in [0.3, 0.4) is 0 Å². The van der Waals surface area contributed by atoms with E-state index in [2.05, 4.69) is 20.5 Å². The number of aromatic nitrogens is 5. The summed E-state index contributed by atoms with van der Waals surface area (Å²) in [6.45, 7) is 3.54. The molecule has 8 nitrogen and oxygen atoms in total. The summed E-state index contributed by atoms with van der Waals surface area (Å²) in [5.41, 5.74) is 1.87. The van der Waals surface area contributed by atoms with Crippen LogP contribution in [0.25, 0.3) is 16.8 Å². The molecule has 0 fully saturated rings. The summed E-state index contributed by atoms with van der Waals surface area (Å²) in [7, 11) is 0. The van der Waals surface area contributed by atoms with Gasteiger partial charge in [-0.3, -0.25) is 18.6 Å². The Morgan fingerprint density at radius 1 is 1.11 bits per heavy atom. The Morgan fingerprint density at radius 2 is 1.89 bits per heavy atom. The summed E-state index contributed by atoms with van der Waals surface area (Å²) in [5.74, 6) is 0.305. The molecule has 3 aromatic heterocycles. The summed E-state index contributed by atoms with van der Waals surface area (Å²) < 4.78 is 3.00. The number of fused-ring (bicyclic) bond motifs is 3. The van der Waals surface area contributed by atoms with E-state index < -0.39 is 0 Å². The van der Waals surface area contributed by atoms with Gasteiger partial charge >= 0.3 is 0 Å². The lowest BCUT2D eigenvalue weighted by Crippen LogP contribution is -2.34. The molecule has 3 heterocycles. The molecule has 1 aromatic carbocycles. The van der Waals surface area contributed by atoms with Gasteiger partial charge in [-0.15, -0.1) is 10.2 Å². The fourth-order valence-electron chi connectivity index (χ4n) is 3.17. The van der Waals surface area contributed by atoms with Gasteiger partial charge in [-0.2, -0.15) is 0 Å². The number of carbonyl (C=O) groups is 1. The first kappa shape index (κ1) is 16.9. The van der Waals surface area contributed by atoms with Crippen molar-refractivity contribution in [3.63, 3.8) is 0 Å². The summed E-state index contributed by atoms with van der Waals surface area (Å²) >= 11 is 0. The predicted octanol–water partition coefficient (Wildman–Crippen LogP) is 1.63. The summed E-state index contributed by atoms with van der Waals surface area (Å²) in [4.78, 5) is 29.8. The second-order valence-electron chi connectivity index (χ2n) is 6.34. The van der Waals surface area contributed by atoms with E-state index in [-0.39, 0.29) is 29.7 Å². The molecular weight excluding hydrogens is 344 g/mol. The zero-order valence-corrected chi connectivity index (χ0v) is 15.0. The number of nitrogens with one attached hydrogen (secondary N) is 1. The Bertz CT molecular complexity index is 1200. The van der Waals surface area contributed by atoms with Crippen LogP contribution >= 0.6 is 0 Å². The zero-order valence-electron chi connectivity index (χ0n) is 15.0. The molecule has 0 aliphatic carbocycles. The Balaban J connectivity index is 1.72. The lowest BCUT2D eigenvalue weighted by Gasteiger charge is -2.16. The SMILES string of the molecule is Cc1nnc2c(=O)n(CC(=O)N[C@H](C)c3ccccc3)c3cccnc3n12. The van der Waals surface area contributed by atoms with Gasteiger partial charge in [0.15, 0.2) is 5.65 Å². The molecule has 136 valence electrons. The smallest absolute Gasteiger partial charge is 0.297 e. The fourth-order valence-corrected chi connectivity index (χ4v) is 3.17. The summed E-state index contributed by atoms with van der Waals surface area (Å²) in [5, 5.41) is 10.9. The highest BCUT2D eigenvalue weighted by atomic mass is 16.2. The first-order chi connectivity index (χ1) is 13.1. The molecule has 1 amide bonds. The Morgan fingerprint density at radius 3 is 2.67 bits per heavy atom. The minimum absolute atomic E-state index is 0.124. The van der Waals surface area contributed by atoms with Crippen LogP contribution in [-0.4, -0.2) is 30.1 Å². The number of aryl methyl sites for hydroxylation is 1. The van der Waals surface area contributed by atoms with E-state index in [1.165, 1.54) is 4.57 Å². The van der Waals surface area contributed by atoms with Gasteiger partial charge in [-0.1, -0.05) is 30.3 Å². The lowest BCUT2D eigenvalue weighted by atomic mass is 10.1. The van der Waals surface area contributed by atoms with Crippen molar-refractivity contribution in [1.29, 1.82) is 0 Å². The monoisotopic (exact) mass is 362 g/mol. The topological polar surface area (TPSA) is 94.2 Å². The maximum Gasteiger partial charge on any atom is 0.297 e. The first-order valence-electron chi connectivity index (χ1n) is 8.60. The molecule has 1 N–H and O–H groups in total. The highest BCUT2D eigenvalue weighted by Crippen LogP contribution is 2.14. The molecule has 4 rings (SSSR count). The minimum atomic E-state index is -0.376. The van der Waals surface area contributed by atoms with E-state index in [9.17, 15) is 9.59 Å². The number of benzene rings is 1. The maximum absolute atomic E-state index is 12.9. The summed E-state index contributed by atoms with van der Waals surface area (Å²) in [6, 6.07) is 13.0. The third kappa shape index (κ3) is 2.95. The van der Waals surface area contributed by atoms with Crippen molar-refractivity contribution in [2.75, 3.05) is 0 Å². The van der Waals surface area contributed by atoms with Crippen LogP contribution in [0.15, 0.2) is 53.5 Å². The van der Waals surface area contributed by atoms with E-state index in [1.807, 2.05) is 37.3 Å². The number of carbonyl (C=O) groups excluding carboxylic acids is 1. The van der Waals surface area contributed by atoms with Gasteiger partial charge < -0.3 is 5.32 Å². The van der Waals surface area contributed by atoms with Gasteiger partial charge in [0.1, 0.15) is 12.4 Å². The molecule has 0 aliphatic heterocycles. The largest absolute Gasteiger partial charge is 0.348 e. The number of amides is 1. The number of nitrogens with zero attached hydrogens (tertiary/aromatic N) is 5. The van der Waals surface area contributed by atoms with Gasteiger partial charge in [0.05, 0.1) is 11.6 Å². The van der Waals surface area contributed by atoms with Crippen LogP contribution in [-0.2, 0) is 11.3 Å². The van der Waals surface area contributed by atoms with Crippen molar-refractivity contribution in [2.45, 2.75) is 26.4 Å². The standard InChI is InChI=1S/C19H18N6O2/c1-12(14-7-4-3-5-8-14)21-16(26)11-24-15-9-6-10-20-17(15)25-13(2)22-23-18(25)19(24)27/h3-10,12H,11H2,1-2H3,(H,21,26)/t12-/m1/s1.